The minimum absolute atomic E-state index is 0.309. The molecule has 0 spiro atoms. The molecule has 0 aliphatic rings. The highest BCUT2D eigenvalue weighted by Gasteiger charge is 2.24. The molecule has 0 bridgehead atoms. The number of benzene rings is 1. The molecular formula is C10H11Cl2N3O2. The summed E-state index contributed by atoms with van der Waals surface area (Å²) in [5.74, 6) is -1.01. The molecule has 1 unspecified atom stereocenters. The monoisotopic (exact) mass is 275 g/mol. The Hall–Kier alpha value is -1.30. The van der Waals surface area contributed by atoms with Crippen molar-refractivity contribution in [1.29, 1.82) is 0 Å². The minimum Gasteiger partial charge on any atom is -0.370 e. The molecule has 5 nitrogen and oxygen atoms in total. The SMILES string of the molecule is COC(C(=O)N=C(N)N)c1c(Cl)cccc1Cl. The van der Waals surface area contributed by atoms with E-state index in [0.29, 0.717) is 15.6 Å². The first-order valence-corrected chi connectivity index (χ1v) is 5.33. The molecule has 1 aromatic rings. The van der Waals surface area contributed by atoms with Crippen LogP contribution in [0.25, 0.3) is 0 Å². The summed E-state index contributed by atoms with van der Waals surface area (Å²) in [6.07, 6.45) is -1.03. The number of ether oxygens (including phenoxy) is 1. The zero-order chi connectivity index (χ0) is 13.0. The number of nitrogens with two attached hydrogens (primary N) is 2. The molecule has 92 valence electrons. The molecule has 1 amide bonds. The first-order chi connectivity index (χ1) is 7.97. The number of carbonyl (C=O) groups excluding carboxylic acids is 1. The van der Waals surface area contributed by atoms with Crippen molar-refractivity contribution in [3.05, 3.63) is 33.8 Å². The summed E-state index contributed by atoms with van der Waals surface area (Å²) < 4.78 is 5.02. The molecule has 0 saturated carbocycles. The topological polar surface area (TPSA) is 90.7 Å². The summed E-state index contributed by atoms with van der Waals surface area (Å²) in [6, 6.07) is 4.85. The second kappa shape index (κ2) is 5.86. The van der Waals surface area contributed by atoms with Crippen LogP contribution in [-0.2, 0) is 9.53 Å². The van der Waals surface area contributed by atoms with Gasteiger partial charge in [-0.3, -0.25) is 4.79 Å². The van der Waals surface area contributed by atoms with Gasteiger partial charge in [-0.2, -0.15) is 4.99 Å². The van der Waals surface area contributed by atoms with Crippen molar-refractivity contribution in [3.8, 4) is 0 Å². The summed E-state index contributed by atoms with van der Waals surface area (Å²) in [7, 11) is 1.34. The Morgan fingerprint density at radius 1 is 1.35 bits per heavy atom. The van der Waals surface area contributed by atoms with Crippen molar-refractivity contribution in [2.45, 2.75) is 6.10 Å². The number of guanidine groups is 1. The molecule has 0 aromatic heterocycles. The Morgan fingerprint density at radius 2 is 1.88 bits per heavy atom. The van der Waals surface area contributed by atoms with E-state index in [4.69, 9.17) is 39.4 Å². The lowest BCUT2D eigenvalue weighted by molar-refractivity contribution is -0.127. The molecule has 0 radical (unpaired) electrons. The predicted octanol–water partition coefficient (Wildman–Crippen LogP) is 1.48. The lowest BCUT2D eigenvalue weighted by Crippen LogP contribution is -2.26. The molecule has 0 heterocycles. The van der Waals surface area contributed by atoms with Crippen LogP contribution in [0.1, 0.15) is 11.7 Å². The molecule has 1 aromatic carbocycles. The van der Waals surface area contributed by atoms with Crippen LogP contribution < -0.4 is 11.5 Å². The van der Waals surface area contributed by atoms with Crippen molar-refractivity contribution in [2.75, 3.05) is 7.11 Å². The van der Waals surface area contributed by atoms with Gasteiger partial charge in [-0.15, -0.1) is 0 Å². The van der Waals surface area contributed by atoms with Crippen LogP contribution in [0.15, 0.2) is 23.2 Å². The number of amides is 1. The third-order valence-corrected chi connectivity index (χ3v) is 2.62. The lowest BCUT2D eigenvalue weighted by Gasteiger charge is -2.15. The Morgan fingerprint density at radius 3 is 2.29 bits per heavy atom. The van der Waals surface area contributed by atoms with Gasteiger partial charge in [0.15, 0.2) is 12.1 Å². The Labute approximate surface area is 108 Å². The molecule has 0 aliphatic heterocycles. The van der Waals surface area contributed by atoms with Crippen molar-refractivity contribution in [2.24, 2.45) is 16.5 Å². The van der Waals surface area contributed by atoms with Gasteiger partial charge in [-0.1, -0.05) is 29.3 Å². The highest BCUT2D eigenvalue weighted by atomic mass is 35.5. The summed E-state index contributed by atoms with van der Waals surface area (Å²) >= 11 is 11.9. The Balaban J connectivity index is 3.19. The zero-order valence-corrected chi connectivity index (χ0v) is 10.5. The summed E-state index contributed by atoms with van der Waals surface area (Å²) in [5, 5.41) is 0.618. The fourth-order valence-corrected chi connectivity index (χ4v) is 1.88. The van der Waals surface area contributed by atoms with Gasteiger partial charge in [-0.25, -0.2) is 0 Å². The van der Waals surface area contributed by atoms with E-state index in [0.717, 1.165) is 0 Å². The Kier molecular flexibility index (Phi) is 4.74. The summed E-state index contributed by atoms with van der Waals surface area (Å²) in [6.45, 7) is 0. The van der Waals surface area contributed by atoms with Gasteiger partial charge in [0.1, 0.15) is 0 Å². The largest absolute Gasteiger partial charge is 0.370 e. The van der Waals surface area contributed by atoms with Crippen LogP contribution >= 0.6 is 23.2 Å². The number of carbonyl (C=O) groups is 1. The summed E-state index contributed by atoms with van der Waals surface area (Å²) in [4.78, 5) is 15.1. The van der Waals surface area contributed by atoms with Crippen molar-refractivity contribution in [1.82, 2.24) is 0 Å². The molecule has 7 heteroatoms. The van der Waals surface area contributed by atoms with Gasteiger partial charge in [0.25, 0.3) is 5.91 Å². The van der Waals surface area contributed by atoms with Gasteiger partial charge >= 0.3 is 0 Å². The fourth-order valence-electron chi connectivity index (χ4n) is 1.29. The molecule has 4 N–H and O–H groups in total. The standard InChI is InChI=1S/C10H11Cl2N3O2/c1-17-8(9(16)15-10(13)14)7-5(11)3-2-4-6(7)12/h2-4,8H,1H3,(H4,13,14,15,16). The zero-order valence-electron chi connectivity index (χ0n) is 8.98. The molecular weight excluding hydrogens is 265 g/mol. The van der Waals surface area contributed by atoms with Crippen LogP contribution in [0.2, 0.25) is 10.0 Å². The molecule has 17 heavy (non-hydrogen) atoms. The van der Waals surface area contributed by atoms with E-state index in [-0.39, 0.29) is 5.96 Å². The number of aliphatic imine (C=N–C) groups is 1. The number of methoxy groups -OCH3 is 1. The number of hydrogen-bond donors (Lipinski definition) is 2. The minimum atomic E-state index is -1.03. The van der Waals surface area contributed by atoms with Crippen LogP contribution in [0, 0.1) is 0 Å². The van der Waals surface area contributed by atoms with Gasteiger partial charge < -0.3 is 16.2 Å². The van der Waals surface area contributed by atoms with E-state index in [1.807, 2.05) is 0 Å². The smallest absolute Gasteiger partial charge is 0.282 e. The fraction of sp³-hybridized carbons (Fsp3) is 0.200. The molecule has 0 fully saturated rings. The first-order valence-electron chi connectivity index (χ1n) is 4.57. The maximum absolute atomic E-state index is 11.7. The third kappa shape index (κ3) is 3.33. The third-order valence-electron chi connectivity index (χ3n) is 1.96. The highest BCUT2D eigenvalue weighted by Crippen LogP contribution is 2.32. The maximum atomic E-state index is 11.7. The van der Waals surface area contributed by atoms with Gasteiger partial charge in [0.05, 0.1) is 0 Å². The highest BCUT2D eigenvalue weighted by molar-refractivity contribution is 6.36. The average molecular weight is 276 g/mol. The number of halogens is 2. The normalized spacial score (nSPS) is 11.9. The second-order valence-corrected chi connectivity index (χ2v) is 3.94. The van der Waals surface area contributed by atoms with Crippen molar-refractivity contribution >= 4 is 35.1 Å². The number of nitrogens with zero attached hydrogens (tertiary/aromatic N) is 1. The van der Waals surface area contributed by atoms with E-state index in [2.05, 4.69) is 4.99 Å². The number of hydrogen-bond acceptors (Lipinski definition) is 2. The van der Waals surface area contributed by atoms with Crippen LogP contribution in [0.4, 0.5) is 0 Å². The number of rotatable bonds is 3. The molecule has 1 atom stereocenters. The molecule has 0 aliphatic carbocycles. The van der Waals surface area contributed by atoms with Crippen molar-refractivity contribution < 1.29 is 9.53 Å². The second-order valence-electron chi connectivity index (χ2n) is 3.13. The Bertz CT molecular complexity index is 439. The van der Waals surface area contributed by atoms with E-state index < -0.39 is 12.0 Å². The van der Waals surface area contributed by atoms with Gasteiger partial charge in [0.2, 0.25) is 0 Å². The summed E-state index contributed by atoms with van der Waals surface area (Å²) in [5.41, 5.74) is 10.6. The molecule has 0 saturated heterocycles. The maximum Gasteiger partial charge on any atom is 0.282 e. The van der Waals surface area contributed by atoms with E-state index in [1.165, 1.54) is 7.11 Å². The van der Waals surface area contributed by atoms with E-state index in [9.17, 15) is 4.79 Å². The first kappa shape index (κ1) is 13.8. The van der Waals surface area contributed by atoms with Gasteiger partial charge in [0, 0.05) is 22.7 Å². The van der Waals surface area contributed by atoms with E-state index in [1.54, 1.807) is 18.2 Å². The molecule has 1 rings (SSSR count). The van der Waals surface area contributed by atoms with Crippen molar-refractivity contribution in [3.63, 3.8) is 0 Å². The predicted molar refractivity (Wildman–Crippen MR) is 67.0 cm³/mol. The lowest BCUT2D eigenvalue weighted by atomic mass is 10.1. The van der Waals surface area contributed by atoms with Crippen LogP contribution in [-0.4, -0.2) is 19.0 Å². The quantitative estimate of drug-likeness (QED) is 0.646. The van der Waals surface area contributed by atoms with Crippen LogP contribution in [0.5, 0.6) is 0 Å². The van der Waals surface area contributed by atoms with Gasteiger partial charge in [-0.05, 0) is 12.1 Å². The average Bonchev–Trinajstić information content (AvgIpc) is 2.22. The van der Waals surface area contributed by atoms with E-state index >= 15 is 0 Å². The van der Waals surface area contributed by atoms with Crippen LogP contribution in [0.3, 0.4) is 0 Å².